The van der Waals surface area contributed by atoms with Gasteiger partial charge in [-0.15, -0.1) is 0 Å². The fraction of sp³-hybridized carbons (Fsp3) is 0.400. The van der Waals surface area contributed by atoms with Crippen molar-refractivity contribution in [1.82, 2.24) is 5.32 Å². The van der Waals surface area contributed by atoms with Crippen molar-refractivity contribution in [3.63, 3.8) is 0 Å². The Hall–Kier alpha value is -1.60. The molecule has 0 unspecified atom stereocenters. The average Bonchev–Trinajstić information content (AvgIpc) is 2.38. The van der Waals surface area contributed by atoms with Gasteiger partial charge in [-0.2, -0.15) is 0 Å². The first-order valence-corrected chi connectivity index (χ1v) is 7.65. The van der Waals surface area contributed by atoms with Crippen LogP contribution in [-0.2, 0) is 11.1 Å². The van der Waals surface area contributed by atoms with Crippen LogP contribution in [0, 0.1) is 13.8 Å². The molecule has 0 aliphatic rings. The fourth-order valence-corrected chi connectivity index (χ4v) is 3.46. The van der Waals surface area contributed by atoms with Gasteiger partial charge < -0.3 is 0 Å². The van der Waals surface area contributed by atoms with E-state index in [4.69, 9.17) is 0 Å². The van der Waals surface area contributed by atoms with E-state index >= 15 is 0 Å². The molecule has 0 radical (unpaired) electrons. The molecule has 2 aromatic rings. The first-order valence-electron chi connectivity index (χ1n) is 7.65. The average molecular weight is 281 g/mol. The molecule has 0 aliphatic heterocycles. The minimum atomic E-state index is -0.0862. The lowest BCUT2D eigenvalue weighted by Gasteiger charge is -2.39. The minimum Gasteiger partial charge on any atom is -0.299 e. The molecule has 0 heterocycles. The molecule has 0 fully saturated rings. The Morgan fingerprint density at radius 1 is 0.619 bits per heavy atom. The van der Waals surface area contributed by atoms with Crippen molar-refractivity contribution in [2.24, 2.45) is 0 Å². The SMILES string of the molecule is Cc1ccccc1C(C)(C)NC(C)(C)c1ccccc1C. The van der Waals surface area contributed by atoms with Gasteiger partial charge in [0.1, 0.15) is 0 Å². The van der Waals surface area contributed by atoms with Crippen LogP contribution in [0.5, 0.6) is 0 Å². The number of benzene rings is 2. The Morgan fingerprint density at radius 2 is 0.952 bits per heavy atom. The third-order valence-electron chi connectivity index (χ3n) is 4.26. The highest BCUT2D eigenvalue weighted by Crippen LogP contribution is 2.31. The van der Waals surface area contributed by atoms with Crippen LogP contribution in [0.2, 0.25) is 0 Å². The summed E-state index contributed by atoms with van der Waals surface area (Å²) < 4.78 is 0. The van der Waals surface area contributed by atoms with Crippen LogP contribution < -0.4 is 5.32 Å². The molecule has 1 heteroatoms. The molecule has 1 nitrogen and oxygen atoms in total. The lowest BCUT2D eigenvalue weighted by Crippen LogP contribution is -2.48. The molecule has 0 aromatic heterocycles. The number of hydrogen-bond donors (Lipinski definition) is 1. The van der Waals surface area contributed by atoms with Crippen molar-refractivity contribution in [3.05, 3.63) is 70.8 Å². The summed E-state index contributed by atoms with van der Waals surface area (Å²) in [6.45, 7) is 13.4. The number of rotatable bonds is 4. The molecular formula is C20H27N. The summed E-state index contributed by atoms with van der Waals surface area (Å²) in [5, 5.41) is 3.85. The molecule has 112 valence electrons. The van der Waals surface area contributed by atoms with Crippen LogP contribution >= 0.6 is 0 Å². The lowest BCUT2D eigenvalue weighted by atomic mass is 9.84. The maximum absolute atomic E-state index is 3.85. The van der Waals surface area contributed by atoms with Gasteiger partial charge in [0.05, 0.1) is 0 Å². The molecule has 0 saturated carbocycles. The molecule has 2 rings (SSSR count). The largest absolute Gasteiger partial charge is 0.299 e. The third kappa shape index (κ3) is 3.36. The predicted molar refractivity (Wildman–Crippen MR) is 91.5 cm³/mol. The van der Waals surface area contributed by atoms with Crippen LogP contribution in [-0.4, -0.2) is 0 Å². The summed E-state index contributed by atoms with van der Waals surface area (Å²) in [6.07, 6.45) is 0. The van der Waals surface area contributed by atoms with Gasteiger partial charge in [0.25, 0.3) is 0 Å². The Bertz CT molecular complexity index is 568. The van der Waals surface area contributed by atoms with E-state index < -0.39 is 0 Å². The van der Waals surface area contributed by atoms with E-state index in [-0.39, 0.29) is 11.1 Å². The van der Waals surface area contributed by atoms with Gasteiger partial charge in [0.15, 0.2) is 0 Å². The first kappa shape index (κ1) is 15.8. The van der Waals surface area contributed by atoms with Crippen LogP contribution in [0.15, 0.2) is 48.5 Å². The van der Waals surface area contributed by atoms with Gasteiger partial charge in [-0.1, -0.05) is 48.5 Å². The van der Waals surface area contributed by atoms with Gasteiger partial charge in [-0.25, -0.2) is 0 Å². The summed E-state index contributed by atoms with van der Waals surface area (Å²) in [7, 11) is 0. The molecule has 0 aliphatic carbocycles. The molecular weight excluding hydrogens is 254 g/mol. The van der Waals surface area contributed by atoms with Gasteiger partial charge >= 0.3 is 0 Å². The summed E-state index contributed by atoms with van der Waals surface area (Å²) in [5.41, 5.74) is 5.19. The summed E-state index contributed by atoms with van der Waals surface area (Å²) >= 11 is 0. The molecule has 0 saturated heterocycles. The maximum Gasteiger partial charge on any atom is 0.0387 e. The van der Waals surface area contributed by atoms with Crippen LogP contribution in [0.25, 0.3) is 0 Å². The number of nitrogens with one attached hydrogen (secondary N) is 1. The van der Waals surface area contributed by atoms with Crippen molar-refractivity contribution >= 4 is 0 Å². The quantitative estimate of drug-likeness (QED) is 0.825. The molecule has 0 amide bonds. The van der Waals surface area contributed by atoms with Gasteiger partial charge in [0.2, 0.25) is 0 Å². The van der Waals surface area contributed by atoms with E-state index in [2.05, 4.69) is 95.4 Å². The zero-order valence-corrected chi connectivity index (χ0v) is 14.1. The van der Waals surface area contributed by atoms with Crippen LogP contribution in [0.3, 0.4) is 0 Å². The van der Waals surface area contributed by atoms with E-state index in [1.807, 2.05) is 0 Å². The Kier molecular flexibility index (Phi) is 4.25. The molecule has 1 N–H and O–H groups in total. The predicted octanol–water partition coefficient (Wildman–Crippen LogP) is 5.06. The Balaban J connectivity index is 2.36. The zero-order chi connectivity index (χ0) is 15.7. The van der Waals surface area contributed by atoms with Gasteiger partial charge in [-0.05, 0) is 63.8 Å². The van der Waals surface area contributed by atoms with E-state index in [0.717, 1.165) is 0 Å². The Labute approximate surface area is 129 Å². The second kappa shape index (κ2) is 5.65. The van der Waals surface area contributed by atoms with Crippen molar-refractivity contribution in [1.29, 1.82) is 0 Å². The topological polar surface area (TPSA) is 12.0 Å². The summed E-state index contributed by atoms with van der Waals surface area (Å²) in [6, 6.07) is 17.2. The Morgan fingerprint density at radius 3 is 1.29 bits per heavy atom. The van der Waals surface area contributed by atoms with Crippen molar-refractivity contribution < 1.29 is 0 Å². The van der Waals surface area contributed by atoms with Gasteiger partial charge in [0, 0.05) is 11.1 Å². The molecule has 0 atom stereocenters. The second-order valence-corrected chi connectivity index (χ2v) is 7.00. The smallest absolute Gasteiger partial charge is 0.0387 e. The van der Waals surface area contributed by atoms with Crippen molar-refractivity contribution in [2.75, 3.05) is 0 Å². The second-order valence-electron chi connectivity index (χ2n) is 7.00. The fourth-order valence-electron chi connectivity index (χ4n) is 3.46. The molecule has 0 bridgehead atoms. The number of aryl methyl sites for hydroxylation is 2. The van der Waals surface area contributed by atoms with Crippen molar-refractivity contribution in [3.8, 4) is 0 Å². The highest BCUT2D eigenvalue weighted by molar-refractivity contribution is 5.35. The van der Waals surface area contributed by atoms with Crippen LogP contribution in [0.4, 0.5) is 0 Å². The minimum absolute atomic E-state index is 0.0862. The van der Waals surface area contributed by atoms with E-state index in [9.17, 15) is 0 Å². The lowest BCUT2D eigenvalue weighted by molar-refractivity contribution is 0.269. The zero-order valence-electron chi connectivity index (χ0n) is 14.1. The maximum atomic E-state index is 3.85. The van der Waals surface area contributed by atoms with E-state index in [1.54, 1.807) is 0 Å². The third-order valence-corrected chi connectivity index (χ3v) is 4.26. The standard InChI is InChI=1S/C20H27N/c1-15-11-7-9-13-17(15)19(3,4)21-20(5,6)18-14-10-8-12-16(18)2/h7-14,21H,1-6H3. The molecule has 2 aromatic carbocycles. The highest BCUT2D eigenvalue weighted by Gasteiger charge is 2.31. The summed E-state index contributed by atoms with van der Waals surface area (Å²) in [5.74, 6) is 0. The summed E-state index contributed by atoms with van der Waals surface area (Å²) in [4.78, 5) is 0. The highest BCUT2D eigenvalue weighted by atomic mass is 15.0. The first-order chi connectivity index (χ1) is 9.74. The van der Waals surface area contributed by atoms with Crippen molar-refractivity contribution in [2.45, 2.75) is 52.6 Å². The van der Waals surface area contributed by atoms with Crippen LogP contribution in [0.1, 0.15) is 49.9 Å². The van der Waals surface area contributed by atoms with E-state index in [0.29, 0.717) is 0 Å². The molecule has 0 spiro atoms. The normalized spacial score (nSPS) is 12.5. The monoisotopic (exact) mass is 281 g/mol. The van der Waals surface area contributed by atoms with Gasteiger partial charge in [-0.3, -0.25) is 5.32 Å². The molecule has 21 heavy (non-hydrogen) atoms. The van der Waals surface area contributed by atoms with E-state index in [1.165, 1.54) is 22.3 Å². The number of hydrogen-bond acceptors (Lipinski definition) is 1.